The molecule has 9 heteroatoms. The van der Waals surface area contributed by atoms with Crippen molar-refractivity contribution in [3.63, 3.8) is 0 Å². The molecule has 25 heavy (non-hydrogen) atoms. The average Bonchev–Trinajstić information content (AvgIpc) is 2.93. The van der Waals surface area contributed by atoms with Crippen LogP contribution in [0.15, 0.2) is 42.6 Å². The molecule has 0 bridgehead atoms. The van der Waals surface area contributed by atoms with E-state index in [-0.39, 0.29) is 12.4 Å². The Morgan fingerprint density at radius 1 is 1.12 bits per heavy atom. The van der Waals surface area contributed by atoms with Crippen LogP contribution in [0.2, 0.25) is 0 Å². The van der Waals surface area contributed by atoms with Gasteiger partial charge in [0.05, 0.1) is 5.56 Å². The highest BCUT2D eigenvalue weighted by Gasteiger charge is 2.30. The monoisotopic (exact) mass is 351 g/mol. The molecule has 0 aliphatic heterocycles. The zero-order valence-electron chi connectivity index (χ0n) is 12.9. The maximum Gasteiger partial charge on any atom is 0.573 e. The molecular weight excluding hydrogens is 339 g/mol. The minimum atomic E-state index is -4.74. The minimum Gasteiger partial charge on any atom is -0.457 e. The fourth-order valence-corrected chi connectivity index (χ4v) is 2.15. The maximum absolute atomic E-state index is 12.1. The first-order valence-electron chi connectivity index (χ1n) is 7.15. The van der Waals surface area contributed by atoms with Crippen molar-refractivity contribution in [2.24, 2.45) is 0 Å². The van der Waals surface area contributed by atoms with Crippen molar-refractivity contribution in [3.8, 4) is 5.75 Å². The predicted molar refractivity (Wildman–Crippen MR) is 80.0 cm³/mol. The summed E-state index contributed by atoms with van der Waals surface area (Å²) in [6.07, 6.45) is -3.18. The van der Waals surface area contributed by atoms with E-state index in [9.17, 15) is 18.0 Å². The van der Waals surface area contributed by atoms with E-state index in [1.807, 2.05) is 0 Å². The molecule has 0 unspecified atom stereocenters. The van der Waals surface area contributed by atoms with Crippen molar-refractivity contribution >= 4 is 11.6 Å². The second-order valence-electron chi connectivity index (χ2n) is 5.16. The SMILES string of the molecule is Cc1nnc2ccc(C(=O)OCc3ccc(OC(F)(F)F)cc3)cn12. The fourth-order valence-electron chi connectivity index (χ4n) is 2.15. The Morgan fingerprint density at radius 2 is 1.84 bits per heavy atom. The number of aromatic nitrogens is 3. The quantitative estimate of drug-likeness (QED) is 0.675. The Labute approximate surface area is 139 Å². The largest absolute Gasteiger partial charge is 0.573 e. The van der Waals surface area contributed by atoms with Gasteiger partial charge in [-0.2, -0.15) is 0 Å². The number of fused-ring (bicyclic) bond motifs is 1. The summed E-state index contributed by atoms with van der Waals surface area (Å²) >= 11 is 0. The third-order valence-electron chi connectivity index (χ3n) is 3.34. The average molecular weight is 351 g/mol. The molecule has 2 aromatic heterocycles. The standard InChI is InChI=1S/C16H12F3N3O3/c1-10-20-21-14-7-4-12(8-22(10)14)15(23)24-9-11-2-5-13(6-3-11)25-16(17,18)19/h2-8H,9H2,1H3. The second-order valence-corrected chi connectivity index (χ2v) is 5.16. The molecule has 0 aliphatic rings. The summed E-state index contributed by atoms with van der Waals surface area (Å²) in [4.78, 5) is 12.1. The molecule has 6 nitrogen and oxygen atoms in total. The highest BCUT2D eigenvalue weighted by molar-refractivity contribution is 5.89. The molecule has 0 fully saturated rings. The van der Waals surface area contributed by atoms with Crippen LogP contribution in [0.25, 0.3) is 5.65 Å². The van der Waals surface area contributed by atoms with Gasteiger partial charge in [-0.3, -0.25) is 4.40 Å². The highest BCUT2D eigenvalue weighted by Crippen LogP contribution is 2.23. The zero-order chi connectivity index (χ0) is 18.0. The Balaban J connectivity index is 1.64. The predicted octanol–water partition coefficient (Wildman–Crippen LogP) is 3.29. The number of nitrogens with zero attached hydrogens (tertiary/aromatic N) is 3. The van der Waals surface area contributed by atoms with Crippen LogP contribution in [-0.4, -0.2) is 26.9 Å². The molecule has 0 radical (unpaired) electrons. The number of hydrogen-bond acceptors (Lipinski definition) is 5. The van der Waals surface area contributed by atoms with E-state index >= 15 is 0 Å². The van der Waals surface area contributed by atoms with Crippen LogP contribution in [0, 0.1) is 6.92 Å². The summed E-state index contributed by atoms with van der Waals surface area (Å²) in [5, 5.41) is 7.81. The van der Waals surface area contributed by atoms with E-state index in [1.54, 1.807) is 29.7 Å². The van der Waals surface area contributed by atoms with Crippen LogP contribution in [0.5, 0.6) is 5.75 Å². The van der Waals surface area contributed by atoms with Crippen LogP contribution in [-0.2, 0) is 11.3 Å². The lowest BCUT2D eigenvalue weighted by Gasteiger charge is -2.09. The zero-order valence-corrected chi connectivity index (χ0v) is 12.9. The van der Waals surface area contributed by atoms with Crippen molar-refractivity contribution < 1.29 is 27.4 Å². The van der Waals surface area contributed by atoms with E-state index in [0.717, 1.165) is 12.1 Å². The van der Waals surface area contributed by atoms with Gasteiger partial charge in [0, 0.05) is 6.20 Å². The Bertz CT molecular complexity index is 904. The first-order chi connectivity index (χ1) is 11.8. The van der Waals surface area contributed by atoms with Gasteiger partial charge in [-0.1, -0.05) is 12.1 Å². The summed E-state index contributed by atoms with van der Waals surface area (Å²) in [6, 6.07) is 8.29. The van der Waals surface area contributed by atoms with Crippen LogP contribution >= 0.6 is 0 Å². The van der Waals surface area contributed by atoms with Gasteiger partial charge in [0.2, 0.25) is 0 Å². The molecule has 0 spiro atoms. The fraction of sp³-hybridized carbons (Fsp3) is 0.188. The van der Waals surface area contributed by atoms with Gasteiger partial charge < -0.3 is 9.47 Å². The molecule has 1 aromatic carbocycles. The number of alkyl halides is 3. The van der Waals surface area contributed by atoms with Crippen LogP contribution < -0.4 is 4.74 Å². The van der Waals surface area contributed by atoms with Crippen LogP contribution in [0.1, 0.15) is 21.7 Å². The number of carbonyl (C=O) groups excluding carboxylic acids is 1. The van der Waals surface area contributed by atoms with Gasteiger partial charge >= 0.3 is 12.3 Å². The minimum absolute atomic E-state index is 0.0790. The molecule has 130 valence electrons. The number of hydrogen-bond donors (Lipinski definition) is 0. The number of ether oxygens (including phenoxy) is 2. The van der Waals surface area contributed by atoms with E-state index in [2.05, 4.69) is 14.9 Å². The highest BCUT2D eigenvalue weighted by atomic mass is 19.4. The summed E-state index contributed by atoms with van der Waals surface area (Å²) in [6.45, 7) is 1.67. The third-order valence-corrected chi connectivity index (χ3v) is 3.34. The molecule has 0 aliphatic carbocycles. The molecular formula is C16H12F3N3O3. The summed E-state index contributed by atoms with van der Waals surface area (Å²) in [5.41, 5.74) is 1.45. The van der Waals surface area contributed by atoms with E-state index < -0.39 is 12.3 Å². The first-order valence-corrected chi connectivity index (χ1v) is 7.15. The normalized spacial score (nSPS) is 11.5. The second kappa shape index (κ2) is 6.42. The smallest absolute Gasteiger partial charge is 0.457 e. The number of esters is 1. The van der Waals surface area contributed by atoms with Gasteiger partial charge in [0.15, 0.2) is 5.65 Å². The molecule has 3 rings (SSSR count). The van der Waals surface area contributed by atoms with Gasteiger partial charge in [-0.25, -0.2) is 4.79 Å². The van der Waals surface area contributed by atoms with E-state index in [0.29, 0.717) is 22.6 Å². The topological polar surface area (TPSA) is 65.7 Å². The summed E-state index contributed by atoms with van der Waals surface area (Å²) in [7, 11) is 0. The van der Waals surface area contributed by atoms with Gasteiger partial charge in [0.25, 0.3) is 0 Å². The van der Waals surface area contributed by atoms with Gasteiger partial charge in [-0.15, -0.1) is 23.4 Å². The number of benzene rings is 1. The Kier molecular flexibility index (Phi) is 4.30. The van der Waals surface area contributed by atoms with Crippen LogP contribution in [0.3, 0.4) is 0 Å². The van der Waals surface area contributed by atoms with Crippen molar-refractivity contribution in [1.29, 1.82) is 0 Å². The lowest BCUT2D eigenvalue weighted by molar-refractivity contribution is -0.274. The number of pyridine rings is 1. The summed E-state index contributed by atoms with van der Waals surface area (Å²) < 4.78 is 46.9. The Morgan fingerprint density at radius 3 is 2.52 bits per heavy atom. The van der Waals surface area contributed by atoms with Gasteiger partial charge in [-0.05, 0) is 36.8 Å². The molecule has 0 atom stereocenters. The molecule has 3 aromatic rings. The summed E-state index contributed by atoms with van der Waals surface area (Å²) in [5.74, 6) is -0.272. The molecule has 2 heterocycles. The first kappa shape index (κ1) is 16.7. The Hall–Kier alpha value is -3.10. The number of carbonyl (C=O) groups is 1. The van der Waals surface area contributed by atoms with Crippen molar-refractivity contribution in [2.75, 3.05) is 0 Å². The van der Waals surface area contributed by atoms with Crippen molar-refractivity contribution in [3.05, 3.63) is 59.5 Å². The number of rotatable bonds is 4. The number of halogens is 3. The number of aryl methyl sites for hydroxylation is 1. The molecule has 0 N–H and O–H groups in total. The lowest BCUT2D eigenvalue weighted by atomic mass is 10.2. The lowest BCUT2D eigenvalue weighted by Crippen LogP contribution is -2.17. The molecule has 0 amide bonds. The third kappa shape index (κ3) is 4.06. The molecule has 0 saturated carbocycles. The van der Waals surface area contributed by atoms with Gasteiger partial charge in [0.1, 0.15) is 18.2 Å². The van der Waals surface area contributed by atoms with E-state index in [1.165, 1.54) is 12.1 Å². The van der Waals surface area contributed by atoms with Crippen molar-refractivity contribution in [2.45, 2.75) is 19.9 Å². The van der Waals surface area contributed by atoms with E-state index in [4.69, 9.17) is 4.74 Å². The van der Waals surface area contributed by atoms with Crippen LogP contribution in [0.4, 0.5) is 13.2 Å². The maximum atomic E-state index is 12.1. The van der Waals surface area contributed by atoms with Crippen molar-refractivity contribution in [1.82, 2.24) is 14.6 Å². The molecule has 0 saturated heterocycles.